The maximum Gasteiger partial charge on any atom is 0.129 e. The van der Waals surface area contributed by atoms with Crippen LogP contribution in [0.2, 0.25) is 0 Å². The highest BCUT2D eigenvalue weighted by Gasteiger charge is 2.24. The highest BCUT2D eigenvalue weighted by Crippen LogP contribution is 2.29. The molecular formula is C18H25N3. The van der Waals surface area contributed by atoms with Gasteiger partial charge in [-0.3, -0.25) is 0 Å². The third-order valence-corrected chi connectivity index (χ3v) is 4.57. The zero-order chi connectivity index (χ0) is 14.8. The van der Waals surface area contributed by atoms with Crippen LogP contribution in [0.25, 0.3) is 10.9 Å². The Bertz CT molecular complexity index is 623. The molecule has 2 heterocycles. The molecule has 1 aliphatic heterocycles. The van der Waals surface area contributed by atoms with Gasteiger partial charge in [0.15, 0.2) is 0 Å². The van der Waals surface area contributed by atoms with Crippen molar-refractivity contribution in [3.05, 3.63) is 35.9 Å². The van der Waals surface area contributed by atoms with Gasteiger partial charge in [0.1, 0.15) is 5.82 Å². The Kier molecular flexibility index (Phi) is 4.11. The Morgan fingerprint density at radius 1 is 1.24 bits per heavy atom. The van der Waals surface area contributed by atoms with E-state index >= 15 is 0 Å². The molecule has 21 heavy (non-hydrogen) atoms. The lowest BCUT2D eigenvalue weighted by Crippen LogP contribution is -2.41. The zero-order valence-corrected chi connectivity index (χ0v) is 13.3. The van der Waals surface area contributed by atoms with Gasteiger partial charge < -0.3 is 10.2 Å². The van der Waals surface area contributed by atoms with E-state index in [9.17, 15) is 0 Å². The molecule has 112 valence electrons. The first-order valence-electron chi connectivity index (χ1n) is 7.99. The third-order valence-electron chi connectivity index (χ3n) is 4.57. The molecule has 1 aromatic heterocycles. The fraction of sp³-hybridized carbons (Fsp3) is 0.500. The van der Waals surface area contributed by atoms with Crippen LogP contribution in [-0.4, -0.2) is 24.6 Å². The number of aromatic nitrogens is 1. The largest absolute Gasteiger partial charge is 0.354 e. The molecule has 0 aliphatic carbocycles. The van der Waals surface area contributed by atoms with Crippen LogP contribution in [-0.2, 0) is 6.54 Å². The molecular weight excluding hydrogens is 258 g/mol. The molecule has 1 aliphatic rings. The quantitative estimate of drug-likeness (QED) is 0.933. The van der Waals surface area contributed by atoms with Crippen LogP contribution in [0.15, 0.2) is 30.3 Å². The molecule has 0 amide bonds. The Morgan fingerprint density at radius 2 is 2.05 bits per heavy atom. The summed E-state index contributed by atoms with van der Waals surface area (Å²) in [6.45, 7) is 6.66. The molecule has 3 heteroatoms. The number of fused-ring (bicyclic) bond motifs is 1. The number of nitrogens with one attached hydrogen (secondary N) is 1. The van der Waals surface area contributed by atoms with Crippen molar-refractivity contribution in [3.63, 3.8) is 0 Å². The lowest BCUT2D eigenvalue weighted by molar-refractivity contribution is 0.388. The fourth-order valence-electron chi connectivity index (χ4n) is 3.32. The van der Waals surface area contributed by atoms with Gasteiger partial charge in [-0.05, 0) is 50.4 Å². The summed E-state index contributed by atoms with van der Waals surface area (Å²) in [7, 11) is 2.00. The Balaban J connectivity index is 2.05. The summed E-state index contributed by atoms with van der Waals surface area (Å²) in [5, 5.41) is 4.54. The molecule has 0 spiro atoms. The average molecular weight is 283 g/mol. The third kappa shape index (κ3) is 2.88. The second-order valence-corrected chi connectivity index (χ2v) is 6.37. The number of hydrogen-bond acceptors (Lipinski definition) is 3. The van der Waals surface area contributed by atoms with Crippen molar-refractivity contribution in [1.29, 1.82) is 0 Å². The SMILES string of the molecule is CNCc1cc(N2CC(C)CCC2C)nc2ccccc12. The van der Waals surface area contributed by atoms with Crippen molar-refractivity contribution >= 4 is 16.7 Å². The first-order valence-corrected chi connectivity index (χ1v) is 7.99. The van der Waals surface area contributed by atoms with E-state index in [1.165, 1.54) is 23.8 Å². The molecule has 1 N–H and O–H groups in total. The summed E-state index contributed by atoms with van der Waals surface area (Å²) in [6, 6.07) is 11.3. The number of para-hydroxylation sites is 1. The van der Waals surface area contributed by atoms with E-state index in [0.717, 1.165) is 30.3 Å². The molecule has 3 nitrogen and oxygen atoms in total. The molecule has 3 rings (SSSR count). The number of nitrogens with zero attached hydrogens (tertiary/aromatic N) is 2. The minimum atomic E-state index is 0.581. The van der Waals surface area contributed by atoms with Crippen LogP contribution in [0.1, 0.15) is 32.3 Å². The van der Waals surface area contributed by atoms with Crippen LogP contribution in [0, 0.1) is 5.92 Å². The highest BCUT2D eigenvalue weighted by atomic mass is 15.2. The molecule has 0 radical (unpaired) electrons. The number of rotatable bonds is 3. The summed E-state index contributed by atoms with van der Waals surface area (Å²) >= 11 is 0. The number of hydrogen-bond donors (Lipinski definition) is 1. The van der Waals surface area contributed by atoms with Crippen LogP contribution >= 0.6 is 0 Å². The predicted octanol–water partition coefficient (Wildman–Crippen LogP) is 3.58. The Morgan fingerprint density at radius 3 is 2.86 bits per heavy atom. The van der Waals surface area contributed by atoms with Gasteiger partial charge in [0, 0.05) is 24.5 Å². The molecule has 1 saturated heterocycles. The second-order valence-electron chi connectivity index (χ2n) is 6.37. The van der Waals surface area contributed by atoms with Gasteiger partial charge in [-0.2, -0.15) is 0 Å². The van der Waals surface area contributed by atoms with E-state index in [1.54, 1.807) is 0 Å². The van der Waals surface area contributed by atoms with E-state index in [4.69, 9.17) is 4.98 Å². The van der Waals surface area contributed by atoms with E-state index in [1.807, 2.05) is 7.05 Å². The molecule has 1 fully saturated rings. The Labute approximate surface area is 127 Å². The summed E-state index contributed by atoms with van der Waals surface area (Å²) in [5.41, 5.74) is 2.44. The van der Waals surface area contributed by atoms with Crippen molar-refractivity contribution in [1.82, 2.24) is 10.3 Å². The number of pyridine rings is 1. The molecule has 0 bridgehead atoms. The van der Waals surface area contributed by atoms with Gasteiger partial charge >= 0.3 is 0 Å². The van der Waals surface area contributed by atoms with Crippen molar-refractivity contribution in [3.8, 4) is 0 Å². The van der Waals surface area contributed by atoms with Crippen LogP contribution in [0.4, 0.5) is 5.82 Å². The molecule has 0 saturated carbocycles. The minimum absolute atomic E-state index is 0.581. The summed E-state index contributed by atoms with van der Waals surface area (Å²) in [5.74, 6) is 1.89. The average Bonchev–Trinajstić information content (AvgIpc) is 2.50. The van der Waals surface area contributed by atoms with E-state index in [2.05, 4.69) is 54.4 Å². The Hall–Kier alpha value is -1.61. The van der Waals surface area contributed by atoms with Gasteiger partial charge in [-0.1, -0.05) is 25.1 Å². The highest BCUT2D eigenvalue weighted by molar-refractivity contribution is 5.84. The summed E-state index contributed by atoms with van der Waals surface area (Å²) in [4.78, 5) is 7.41. The van der Waals surface area contributed by atoms with Gasteiger partial charge in [0.05, 0.1) is 5.52 Å². The van der Waals surface area contributed by atoms with Crippen molar-refractivity contribution in [2.75, 3.05) is 18.5 Å². The first kappa shape index (κ1) is 14.3. The number of piperidine rings is 1. The lowest BCUT2D eigenvalue weighted by Gasteiger charge is -2.38. The van der Waals surface area contributed by atoms with E-state index in [0.29, 0.717) is 6.04 Å². The topological polar surface area (TPSA) is 28.2 Å². The minimum Gasteiger partial charge on any atom is -0.354 e. The maximum atomic E-state index is 4.92. The lowest BCUT2D eigenvalue weighted by atomic mass is 9.95. The van der Waals surface area contributed by atoms with Crippen LogP contribution in [0.3, 0.4) is 0 Å². The number of benzene rings is 1. The standard InChI is InChI=1S/C18H25N3/c1-13-8-9-14(2)21(12-13)18-10-15(11-19-3)16-6-4-5-7-17(16)20-18/h4-7,10,13-14,19H,8-9,11-12H2,1-3H3. The van der Waals surface area contributed by atoms with Crippen molar-refractivity contribution in [2.24, 2.45) is 5.92 Å². The van der Waals surface area contributed by atoms with Crippen LogP contribution in [0.5, 0.6) is 0 Å². The van der Waals surface area contributed by atoms with E-state index in [-0.39, 0.29) is 0 Å². The smallest absolute Gasteiger partial charge is 0.129 e. The first-order chi connectivity index (χ1) is 10.2. The van der Waals surface area contributed by atoms with Crippen molar-refractivity contribution < 1.29 is 0 Å². The molecule has 2 aromatic rings. The van der Waals surface area contributed by atoms with Gasteiger partial charge in [0.2, 0.25) is 0 Å². The second kappa shape index (κ2) is 6.02. The maximum absolute atomic E-state index is 4.92. The van der Waals surface area contributed by atoms with Crippen LogP contribution < -0.4 is 10.2 Å². The molecule has 2 atom stereocenters. The van der Waals surface area contributed by atoms with Gasteiger partial charge in [-0.25, -0.2) is 4.98 Å². The van der Waals surface area contributed by atoms with E-state index < -0.39 is 0 Å². The molecule has 2 unspecified atom stereocenters. The predicted molar refractivity (Wildman–Crippen MR) is 89.7 cm³/mol. The summed E-state index contributed by atoms with van der Waals surface area (Å²) < 4.78 is 0. The monoisotopic (exact) mass is 283 g/mol. The normalized spacial score (nSPS) is 22.7. The summed E-state index contributed by atoms with van der Waals surface area (Å²) in [6.07, 6.45) is 2.59. The molecule has 1 aromatic carbocycles. The van der Waals surface area contributed by atoms with Crippen molar-refractivity contribution in [2.45, 2.75) is 39.3 Å². The zero-order valence-electron chi connectivity index (χ0n) is 13.3. The number of anilines is 1. The fourth-order valence-corrected chi connectivity index (χ4v) is 3.32. The van der Waals surface area contributed by atoms with Gasteiger partial charge in [-0.15, -0.1) is 0 Å². The van der Waals surface area contributed by atoms with Gasteiger partial charge in [0.25, 0.3) is 0 Å².